The Hall–Kier alpha value is 0.865. The fourth-order valence-corrected chi connectivity index (χ4v) is 0. The van der Waals surface area contributed by atoms with Crippen LogP contribution in [0.4, 0.5) is 0 Å². The van der Waals surface area contributed by atoms with Crippen molar-refractivity contribution in [2.75, 3.05) is 0 Å². The van der Waals surface area contributed by atoms with Crippen molar-refractivity contribution >= 4 is 45.1 Å². The van der Waals surface area contributed by atoms with Crippen LogP contribution in [0.25, 0.3) is 0 Å². The standard InChI is InChI=1S/2Al.FH.H2O4S/c;;;1-5(2,3)4/h;;1H;(H2,1,2,3,4)/q2*+3;;/p-3. The Balaban J connectivity index is -0.0000000267. The van der Waals surface area contributed by atoms with Gasteiger partial charge in [-0.3, -0.25) is 8.42 Å². The first-order valence-corrected chi connectivity index (χ1v) is 2.00. The summed E-state index contributed by atoms with van der Waals surface area (Å²) >= 11 is 0. The van der Waals surface area contributed by atoms with Crippen LogP contribution < -0.4 is 4.70 Å². The Labute approximate surface area is 67.5 Å². The Bertz CT molecular complexity index is 97.2. The van der Waals surface area contributed by atoms with E-state index in [0.29, 0.717) is 0 Å². The minimum absolute atomic E-state index is 0. The molecule has 0 aliphatic carbocycles. The molecule has 0 aromatic carbocycles. The molecule has 0 unspecified atom stereocenters. The quantitative estimate of drug-likeness (QED) is 0.206. The topological polar surface area (TPSA) is 80.3 Å². The average molecular weight is 169 g/mol. The van der Waals surface area contributed by atoms with Crippen molar-refractivity contribution in [3.8, 4) is 0 Å². The van der Waals surface area contributed by atoms with Gasteiger partial charge in [-0.05, 0) is 0 Å². The summed E-state index contributed by atoms with van der Waals surface area (Å²) in [7, 11) is -5.17. The van der Waals surface area contributed by atoms with Gasteiger partial charge in [-0.2, -0.15) is 0 Å². The third-order valence-electron chi connectivity index (χ3n) is 0. The first kappa shape index (κ1) is 23.2. The summed E-state index contributed by atoms with van der Waals surface area (Å²) in [6.07, 6.45) is 0. The van der Waals surface area contributed by atoms with E-state index in [1.165, 1.54) is 0 Å². The summed E-state index contributed by atoms with van der Waals surface area (Å²) in [6.45, 7) is 0. The van der Waals surface area contributed by atoms with Gasteiger partial charge in [0.15, 0.2) is 0 Å². The minimum atomic E-state index is -5.17. The van der Waals surface area contributed by atoms with Crippen LogP contribution in [0.3, 0.4) is 0 Å². The Morgan fingerprint density at radius 3 is 1.00 bits per heavy atom. The van der Waals surface area contributed by atoms with Crippen molar-refractivity contribution in [3.63, 3.8) is 0 Å². The van der Waals surface area contributed by atoms with Gasteiger partial charge in [-0.15, -0.1) is 0 Å². The molecule has 0 amide bonds. The molecule has 0 heterocycles. The summed E-state index contributed by atoms with van der Waals surface area (Å²) in [5.41, 5.74) is 0. The summed E-state index contributed by atoms with van der Waals surface area (Å²) in [5, 5.41) is 0. The van der Waals surface area contributed by atoms with Crippen LogP contribution in [-0.4, -0.2) is 52.2 Å². The van der Waals surface area contributed by atoms with Crippen molar-refractivity contribution in [2.24, 2.45) is 0 Å². The van der Waals surface area contributed by atoms with Gasteiger partial charge in [0.1, 0.15) is 0 Å². The molecule has 0 saturated heterocycles. The van der Waals surface area contributed by atoms with Crippen LogP contribution in [0.2, 0.25) is 0 Å². The maximum atomic E-state index is 8.52. The molecule has 0 atom stereocenters. The van der Waals surface area contributed by atoms with Crippen LogP contribution in [0.15, 0.2) is 0 Å². The van der Waals surface area contributed by atoms with E-state index in [9.17, 15) is 0 Å². The van der Waals surface area contributed by atoms with Gasteiger partial charge in [0.25, 0.3) is 0 Å². The molecule has 0 bridgehead atoms. The van der Waals surface area contributed by atoms with Crippen molar-refractivity contribution in [1.29, 1.82) is 0 Å². The molecule has 0 spiro atoms. The maximum Gasteiger partial charge on any atom is 3.00 e. The summed E-state index contributed by atoms with van der Waals surface area (Å²) in [5.74, 6) is 0. The van der Waals surface area contributed by atoms with E-state index in [1.807, 2.05) is 0 Å². The van der Waals surface area contributed by atoms with Gasteiger partial charge in [0.2, 0.25) is 0 Å². The van der Waals surface area contributed by atoms with E-state index in [-0.39, 0.29) is 39.4 Å². The van der Waals surface area contributed by atoms with Crippen LogP contribution >= 0.6 is 0 Å². The fraction of sp³-hybridized carbons (Fsp3) is 0. The van der Waals surface area contributed by atoms with E-state index < -0.39 is 10.4 Å². The Kier molecular flexibility index (Phi) is 22.8. The number of halogens is 1. The number of hydrogen-bond acceptors (Lipinski definition) is 4. The Morgan fingerprint density at radius 2 is 1.00 bits per heavy atom. The SMILES string of the molecule is O=S(=O)([O-])[O-].[Al+3].[Al+3].[F-]. The van der Waals surface area contributed by atoms with E-state index in [2.05, 4.69) is 0 Å². The summed E-state index contributed by atoms with van der Waals surface area (Å²) < 4.78 is 34.1. The van der Waals surface area contributed by atoms with Gasteiger partial charge in [0.05, 0.1) is 0 Å². The van der Waals surface area contributed by atoms with Crippen LogP contribution in [0.1, 0.15) is 0 Å². The molecule has 40 valence electrons. The van der Waals surface area contributed by atoms with Gasteiger partial charge in [-0.1, -0.05) is 0 Å². The smallest absolute Gasteiger partial charge is 1.00 e. The second-order valence-electron chi connectivity index (χ2n) is 0.408. The molecule has 8 heteroatoms. The molecule has 8 heavy (non-hydrogen) atoms. The molecular weight excluding hydrogens is 169 g/mol. The van der Waals surface area contributed by atoms with Gasteiger partial charge < -0.3 is 13.8 Å². The van der Waals surface area contributed by atoms with Crippen molar-refractivity contribution in [2.45, 2.75) is 0 Å². The molecule has 0 aliphatic rings. The minimum Gasteiger partial charge on any atom is -1.00 e. The van der Waals surface area contributed by atoms with Crippen molar-refractivity contribution in [3.05, 3.63) is 0 Å². The number of rotatable bonds is 0. The second kappa shape index (κ2) is 7.86. The largest absolute Gasteiger partial charge is 3.00 e. The molecule has 0 radical (unpaired) electrons. The zero-order valence-corrected chi connectivity index (χ0v) is 6.70. The molecule has 0 N–H and O–H groups in total. The fourth-order valence-electron chi connectivity index (χ4n) is 0. The van der Waals surface area contributed by atoms with Crippen LogP contribution in [-0.2, 0) is 10.4 Å². The second-order valence-corrected chi connectivity index (χ2v) is 1.22. The van der Waals surface area contributed by atoms with E-state index >= 15 is 0 Å². The zero-order chi connectivity index (χ0) is 4.50. The van der Waals surface area contributed by atoms with Crippen molar-refractivity contribution in [1.82, 2.24) is 0 Å². The first-order chi connectivity index (χ1) is 2.00. The van der Waals surface area contributed by atoms with Crippen molar-refractivity contribution < 1.29 is 22.2 Å². The van der Waals surface area contributed by atoms with Crippen LogP contribution in [0, 0.1) is 0 Å². The average Bonchev–Trinajstić information content (AvgIpc) is 0.722. The monoisotopic (exact) mass is 169 g/mol. The van der Waals surface area contributed by atoms with E-state index in [4.69, 9.17) is 17.5 Å². The zero-order valence-electron chi connectivity index (χ0n) is 3.57. The number of hydrogen-bond donors (Lipinski definition) is 0. The Morgan fingerprint density at radius 1 is 1.00 bits per heavy atom. The third kappa shape index (κ3) is 316. The van der Waals surface area contributed by atoms with E-state index in [0.717, 1.165) is 0 Å². The maximum absolute atomic E-state index is 8.52. The van der Waals surface area contributed by atoms with Crippen LogP contribution in [0.5, 0.6) is 0 Å². The predicted molar refractivity (Wildman–Crippen MR) is 22.0 cm³/mol. The molecule has 0 rings (SSSR count). The molecule has 0 aromatic rings. The van der Waals surface area contributed by atoms with Gasteiger partial charge >= 0.3 is 34.7 Å². The predicted octanol–water partition coefficient (Wildman–Crippen LogP) is -5.10. The molecule has 0 saturated carbocycles. The summed E-state index contributed by atoms with van der Waals surface area (Å²) in [4.78, 5) is 0. The van der Waals surface area contributed by atoms with Gasteiger partial charge in [0, 0.05) is 10.4 Å². The van der Waals surface area contributed by atoms with Gasteiger partial charge in [-0.25, -0.2) is 0 Å². The molecule has 0 aliphatic heterocycles. The molecule has 0 fully saturated rings. The van der Waals surface area contributed by atoms with E-state index in [1.54, 1.807) is 0 Å². The summed E-state index contributed by atoms with van der Waals surface area (Å²) in [6, 6.07) is 0. The first-order valence-electron chi connectivity index (χ1n) is 0.667. The molecular formula is Al2FO4S+3. The normalized spacial score (nSPS) is 7.25. The molecule has 4 nitrogen and oxygen atoms in total. The molecule has 0 aromatic heterocycles. The third-order valence-corrected chi connectivity index (χ3v) is 0.